The first kappa shape index (κ1) is 21.3. The molecule has 0 atom stereocenters. The maximum atomic E-state index is 12.1. The van der Waals surface area contributed by atoms with Crippen LogP contribution < -0.4 is 4.90 Å². The van der Waals surface area contributed by atoms with Crippen LogP contribution in [0, 0.1) is 0 Å². The van der Waals surface area contributed by atoms with Gasteiger partial charge >= 0.3 is 5.97 Å². The van der Waals surface area contributed by atoms with Crippen molar-refractivity contribution in [3.63, 3.8) is 0 Å². The number of aliphatic carboxylic acids is 1. The van der Waals surface area contributed by atoms with Gasteiger partial charge in [-0.25, -0.2) is 14.8 Å². The lowest BCUT2D eigenvalue weighted by Gasteiger charge is -2.34. The number of aromatic nitrogens is 2. The summed E-state index contributed by atoms with van der Waals surface area (Å²) in [5.74, 6) is -0.892. The Morgan fingerprint density at radius 3 is 2.48 bits per heavy atom. The molecule has 1 aliphatic heterocycles. The van der Waals surface area contributed by atoms with Gasteiger partial charge in [-0.15, -0.1) is 0 Å². The van der Waals surface area contributed by atoms with E-state index in [1.54, 1.807) is 4.90 Å². The Balaban J connectivity index is 1.65. The topological polar surface area (TPSA) is 86.6 Å². The summed E-state index contributed by atoms with van der Waals surface area (Å²) in [6.07, 6.45) is 1.94. The van der Waals surface area contributed by atoms with E-state index in [0.29, 0.717) is 37.1 Å². The fourth-order valence-corrected chi connectivity index (χ4v) is 4.05. The molecule has 1 aromatic heterocycles. The molecule has 1 amide bonds. The number of piperazine rings is 1. The molecule has 1 saturated heterocycles. The van der Waals surface area contributed by atoms with E-state index >= 15 is 0 Å². The van der Waals surface area contributed by atoms with E-state index in [9.17, 15) is 9.59 Å². The van der Waals surface area contributed by atoms with Gasteiger partial charge in [-0.3, -0.25) is 4.79 Å². The minimum atomic E-state index is -1.14. The third-order valence-electron chi connectivity index (χ3n) is 5.02. The highest BCUT2D eigenvalue weighted by molar-refractivity contribution is 9.10. The molecule has 1 N–H and O–H groups in total. The van der Waals surface area contributed by atoms with Gasteiger partial charge in [-0.2, -0.15) is 0 Å². The molecule has 1 fully saturated rings. The van der Waals surface area contributed by atoms with E-state index < -0.39 is 5.97 Å². The van der Waals surface area contributed by atoms with Gasteiger partial charge < -0.3 is 14.9 Å². The Kier molecular flexibility index (Phi) is 6.20. The van der Waals surface area contributed by atoms with Gasteiger partial charge in [0.25, 0.3) is 0 Å². The van der Waals surface area contributed by atoms with Crippen LogP contribution in [-0.2, 0) is 9.59 Å². The van der Waals surface area contributed by atoms with Crippen LogP contribution in [0.5, 0.6) is 0 Å². The fraction of sp³-hybridized carbons (Fsp3) is 0.182. The van der Waals surface area contributed by atoms with Gasteiger partial charge in [-0.05, 0) is 24.3 Å². The number of hydrogen-bond acceptors (Lipinski definition) is 5. The first-order valence-corrected chi connectivity index (χ1v) is 10.8. The maximum Gasteiger partial charge on any atom is 0.328 e. The van der Waals surface area contributed by atoms with Crippen molar-refractivity contribution in [2.45, 2.75) is 0 Å². The Morgan fingerprint density at radius 1 is 1.03 bits per heavy atom. The molecule has 0 unspecified atom stereocenters. The number of carbonyl (C=O) groups is 2. The highest BCUT2D eigenvalue weighted by Gasteiger charge is 2.23. The summed E-state index contributed by atoms with van der Waals surface area (Å²) in [5.41, 5.74) is 2.37. The highest BCUT2D eigenvalue weighted by atomic mass is 79.9. The third-order valence-corrected chi connectivity index (χ3v) is 5.84. The number of rotatable bonds is 4. The summed E-state index contributed by atoms with van der Waals surface area (Å²) >= 11 is 9.98. The number of anilines is 1. The lowest BCUT2D eigenvalue weighted by Crippen LogP contribution is -2.48. The van der Waals surface area contributed by atoms with Gasteiger partial charge in [0.05, 0.1) is 11.2 Å². The number of halogens is 2. The molecule has 31 heavy (non-hydrogen) atoms. The monoisotopic (exact) mass is 500 g/mol. The van der Waals surface area contributed by atoms with Crippen molar-refractivity contribution in [2.24, 2.45) is 0 Å². The zero-order valence-electron chi connectivity index (χ0n) is 16.3. The Hall–Kier alpha value is -2.97. The van der Waals surface area contributed by atoms with Gasteiger partial charge in [0.1, 0.15) is 0 Å². The minimum absolute atomic E-state index is 0.317. The molecule has 0 bridgehead atoms. The number of carbonyl (C=O) groups excluding carboxylic acids is 1. The summed E-state index contributed by atoms with van der Waals surface area (Å²) in [6.45, 7) is 1.98. The van der Waals surface area contributed by atoms with Gasteiger partial charge in [0.15, 0.2) is 0 Å². The van der Waals surface area contributed by atoms with Gasteiger partial charge in [0, 0.05) is 58.8 Å². The highest BCUT2D eigenvalue weighted by Crippen LogP contribution is 2.34. The molecule has 9 heteroatoms. The van der Waals surface area contributed by atoms with E-state index in [-0.39, 0.29) is 5.91 Å². The quantitative estimate of drug-likeness (QED) is 0.544. The zero-order chi connectivity index (χ0) is 22.0. The Morgan fingerprint density at radius 2 is 1.77 bits per heavy atom. The van der Waals surface area contributed by atoms with E-state index in [1.165, 1.54) is 0 Å². The molecule has 1 aliphatic rings. The summed E-state index contributed by atoms with van der Waals surface area (Å²) in [5, 5.41) is 10.2. The summed E-state index contributed by atoms with van der Waals surface area (Å²) in [7, 11) is 0. The Labute approximate surface area is 192 Å². The van der Waals surface area contributed by atoms with E-state index in [0.717, 1.165) is 38.8 Å². The van der Waals surface area contributed by atoms with Crippen LogP contribution in [0.2, 0.25) is 5.02 Å². The van der Waals surface area contributed by atoms with Crippen LogP contribution in [-0.4, -0.2) is 58.0 Å². The number of fused-ring (bicyclic) bond motifs is 1. The number of hydrogen-bond donors (Lipinski definition) is 1. The van der Waals surface area contributed by atoms with Gasteiger partial charge in [-0.1, -0.05) is 45.7 Å². The molecule has 3 aromatic rings. The largest absolute Gasteiger partial charge is 0.478 e. The predicted molar refractivity (Wildman–Crippen MR) is 123 cm³/mol. The standard InChI is InChI=1S/C22H18BrClN4O3/c23-14-5-6-18-16(13-14)21(15-3-1-2-4-17(15)24)26-22(25-18)28-11-9-27(10-12-28)19(29)7-8-20(30)31/h1-8,13H,9-12H2,(H,30,31)/b8-7+. The van der Waals surface area contributed by atoms with Crippen molar-refractivity contribution < 1.29 is 14.7 Å². The second-order valence-corrected chi connectivity index (χ2v) is 8.32. The average molecular weight is 502 g/mol. The lowest BCUT2D eigenvalue weighted by atomic mass is 10.1. The van der Waals surface area contributed by atoms with E-state index in [4.69, 9.17) is 26.7 Å². The number of benzene rings is 2. The van der Waals surface area contributed by atoms with Crippen LogP contribution in [0.25, 0.3) is 22.2 Å². The van der Waals surface area contributed by atoms with E-state index in [2.05, 4.69) is 15.9 Å². The molecule has 0 aliphatic carbocycles. The number of nitrogens with zero attached hydrogens (tertiary/aromatic N) is 4. The Bertz CT molecular complexity index is 1190. The third kappa shape index (κ3) is 4.70. The summed E-state index contributed by atoms with van der Waals surface area (Å²) in [6, 6.07) is 13.4. The van der Waals surface area contributed by atoms with Crippen LogP contribution in [0.4, 0.5) is 5.95 Å². The first-order valence-electron chi connectivity index (χ1n) is 9.59. The van der Waals surface area contributed by atoms with Crippen molar-refractivity contribution in [2.75, 3.05) is 31.1 Å². The molecule has 158 valence electrons. The zero-order valence-corrected chi connectivity index (χ0v) is 18.7. The number of carboxylic acid groups (broad SMARTS) is 1. The van der Waals surface area contributed by atoms with Crippen LogP contribution in [0.3, 0.4) is 0 Å². The number of amides is 1. The molecular formula is C22H18BrClN4O3. The van der Waals surface area contributed by atoms with Crippen LogP contribution >= 0.6 is 27.5 Å². The average Bonchev–Trinajstić information content (AvgIpc) is 2.77. The SMILES string of the molecule is O=C(O)/C=C/C(=O)N1CCN(c2nc(-c3ccccc3Cl)c3cc(Br)ccc3n2)CC1. The molecule has 0 saturated carbocycles. The molecule has 2 aromatic carbocycles. The molecule has 2 heterocycles. The molecule has 0 radical (unpaired) electrons. The molecular weight excluding hydrogens is 484 g/mol. The lowest BCUT2D eigenvalue weighted by molar-refractivity contribution is -0.132. The second-order valence-electron chi connectivity index (χ2n) is 7.00. The summed E-state index contributed by atoms with van der Waals surface area (Å²) < 4.78 is 0.922. The first-order chi connectivity index (χ1) is 14.9. The van der Waals surface area contributed by atoms with Crippen molar-refractivity contribution in [3.05, 3.63) is 64.1 Å². The minimum Gasteiger partial charge on any atom is -0.478 e. The summed E-state index contributed by atoms with van der Waals surface area (Å²) in [4.78, 5) is 36.0. The van der Waals surface area contributed by atoms with E-state index in [1.807, 2.05) is 47.4 Å². The predicted octanol–water partition coefficient (Wildman–Crippen LogP) is 4.00. The molecule has 0 spiro atoms. The number of carboxylic acids is 1. The normalized spacial score (nSPS) is 14.4. The fourth-order valence-electron chi connectivity index (χ4n) is 3.46. The van der Waals surface area contributed by atoms with Gasteiger partial charge in [0.2, 0.25) is 11.9 Å². The van der Waals surface area contributed by atoms with Crippen LogP contribution in [0.1, 0.15) is 0 Å². The van der Waals surface area contributed by atoms with Crippen molar-refractivity contribution in [1.82, 2.24) is 14.9 Å². The molecule has 4 rings (SSSR count). The second kappa shape index (κ2) is 9.03. The van der Waals surface area contributed by atoms with Crippen molar-refractivity contribution in [1.29, 1.82) is 0 Å². The molecule has 7 nitrogen and oxygen atoms in total. The van der Waals surface area contributed by atoms with Crippen LogP contribution in [0.15, 0.2) is 59.1 Å². The van der Waals surface area contributed by atoms with Crippen molar-refractivity contribution >= 4 is 56.3 Å². The smallest absolute Gasteiger partial charge is 0.328 e. The van der Waals surface area contributed by atoms with Crippen molar-refractivity contribution in [3.8, 4) is 11.3 Å². The maximum absolute atomic E-state index is 12.1.